The molecule has 1 fully saturated rings. The third kappa shape index (κ3) is 7.60. The van der Waals surface area contributed by atoms with Crippen LogP contribution in [-0.2, 0) is 14.3 Å². The van der Waals surface area contributed by atoms with Gasteiger partial charge < -0.3 is 15.0 Å². The molecule has 0 bridgehead atoms. The molecule has 1 rings (SSSR count). The highest BCUT2D eigenvalue weighted by atomic mass is 19.4. The summed E-state index contributed by atoms with van der Waals surface area (Å²) in [6.45, 7) is 2.51. The van der Waals surface area contributed by atoms with E-state index in [0.717, 1.165) is 6.42 Å². The molecule has 2 amide bonds. The van der Waals surface area contributed by atoms with Crippen LogP contribution in [0.4, 0.5) is 13.2 Å². The Morgan fingerprint density at radius 2 is 1.82 bits per heavy atom. The summed E-state index contributed by atoms with van der Waals surface area (Å²) >= 11 is 0. The summed E-state index contributed by atoms with van der Waals surface area (Å²) in [6.07, 6.45) is -5.18. The number of hydrogen-bond acceptors (Lipinski definition) is 4. The van der Waals surface area contributed by atoms with Crippen molar-refractivity contribution in [2.24, 2.45) is 0 Å². The average molecular weight is 325 g/mol. The molecule has 0 unspecified atom stereocenters. The molecule has 0 atom stereocenters. The van der Waals surface area contributed by atoms with E-state index in [2.05, 4.69) is 5.32 Å². The number of nitrogens with zero attached hydrogens (tertiary/aromatic N) is 2. The molecule has 0 spiro atoms. The standard InChI is InChI=1S/C13H22F3N3O3/c1-22-8-2-3-17-11(20)10-18-4-6-19(7-5-18)12(21)9-13(14,15)16/h2-10H2,1H3,(H,17,20). The maximum Gasteiger partial charge on any atom is 0.397 e. The van der Waals surface area contributed by atoms with Crippen LogP contribution in [0.5, 0.6) is 0 Å². The van der Waals surface area contributed by atoms with E-state index >= 15 is 0 Å². The second-order valence-electron chi connectivity index (χ2n) is 5.15. The smallest absolute Gasteiger partial charge is 0.385 e. The molecule has 1 saturated heterocycles. The number of ether oxygens (including phenoxy) is 1. The number of methoxy groups -OCH3 is 1. The summed E-state index contributed by atoms with van der Waals surface area (Å²) < 4.78 is 41.4. The molecule has 1 N–H and O–H groups in total. The van der Waals surface area contributed by atoms with Gasteiger partial charge >= 0.3 is 6.18 Å². The van der Waals surface area contributed by atoms with Gasteiger partial charge in [-0.3, -0.25) is 14.5 Å². The van der Waals surface area contributed by atoms with Crippen molar-refractivity contribution in [2.45, 2.75) is 19.0 Å². The Hall–Kier alpha value is -1.35. The van der Waals surface area contributed by atoms with Crippen LogP contribution in [0.1, 0.15) is 12.8 Å². The molecule has 0 radical (unpaired) electrons. The molecule has 1 heterocycles. The Labute approximate surface area is 127 Å². The number of carbonyl (C=O) groups excluding carboxylic acids is 2. The van der Waals surface area contributed by atoms with Gasteiger partial charge in [0.05, 0.1) is 6.54 Å². The Morgan fingerprint density at radius 3 is 2.36 bits per heavy atom. The van der Waals surface area contributed by atoms with Crippen LogP contribution in [0.25, 0.3) is 0 Å². The summed E-state index contributed by atoms with van der Waals surface area (Å²) in [7, 11) is 1.58. The molecule has 1 aliphatic heterocycles. The van der Waals surface area contributed by atoms with Crippen molar-refractivity contribution < 1.29 is 27.5 Å². The topological polar surface area (TPSA) is 61.9 Å². The molecule has 22 heavy (non-hydrogen) atoms. The van der Waals surface area contributed by atoms with E-state index in [-0.39, 0.29) is 25.5 Å². The SMILES string of the molecule is COCCCNC(=O)CN1CCN(C(=O)CC(F)(F)F)CC1. The summed E-state index contributed by atoms with van der Waals surface area (Å²) in [5.41, 5.74) is 0. The van der Waals surface area contributed by atoms with Crippen LogP contribution >= 0.6 is 0 Å². The average Bonchev–Trinajstić information content (AvgIpc) is 2.42. The predicted octanol–water partition coefficient (Wildman–Crippen LogP) is 0.236. The molecule has 0 aromatic carbocycles. The van der Waals surface area contributed by atoms with Crippen LogP contribution in [-0.4, -0.2) is 80.8 Å². The van der Waals surface area contributed by atoms with E-state index in [1.54, 1.807) is 7.11 Å². The summed E-state index contributed by atoms with van der Waals surface area (Å²) in [5.74, 6) is -1.04. The van der Waals surface area contributed by atoms with Gasteiger partial charge in [-0.1, -0.05) is 0 Å². The van der Waals surface area contributed by atoms with Gasteiger partial charge in [-0.25, -0.2) is 0 Å². The number of hydrogen-bond donors (Lipinski definition) is 1. The molecule has 0 aliphatic carbocycles. The molecular formula is C13H22F3N3O3. The highest BCUT2D eigenvalue weighted by molar-refractivity contribution is 5.78. The van der Waals surface area contributed by atoms with Crippen molar-refractivity contribution in [3.05, 3.63) is 0 Å². The number of halogens is 3. The van der Waals surface area contributed by atoms with Gasteiger partial charge in [-0.15, -0.1) is 0 Å². The van der Waals surface area contributed by atoms with Crippen LogP contribution in [0.2, 0.25) is 0 Å². The lowest BCUT2D eigenvalue weighted by molar-refractivity contribution is -0.162. The Bertz CT molecular complexity index is 369. The largest absolute Gasteiger partial charge is 0.397 e. The van der Waals surface area contributed by atoms with Crippen molar-refractivity contribution in [3.63, 3.8) is 0 Å². The highest BCUT2D eigenvalue weighted by Crippen LogP contribution is 2.21. The van der Waals surface area contributed by atoms with Crippen molar-refractivity contribution in [1.82, 2.24) is 15.1 Å². The van der Waals surface area contributed by atoms with Crippen molar-refractivity contribution >= 4 is 11.8 Å². The van der Waals surface area contributed by atoms with Crippen molar-refractivity contribution in [3.8, 4) is 0 Å². The maximum absolute atomic E-state index is 12.2. The first kappa shape index (κ1) is 18.7. The van der Waals surface area contributed by atoms with Crippen LogP contribution in [0.3, 0.4) is 0 Å². The van der Waals surface area contributed by atoms with Crippen molar-refractivity contribution in [1.29, 1.82) is 0 Å². The summed E-state index contributed by atoms with van der Waals surface area (Å²) in [6, 6.07) is 0. The molecule has 0 aromatic rings. The Morgan fingerprint density at radius 1 is 1.18 bits per heavy atom. The van der Waals surface area contributed by atoms with E-state index in [4.69, 9.17) is 4.74 Å². The molecular weight excluding hydrogens is 303 g/mol. The molecule has 0 saturated carbocycles. The van der Waals surface area contributed by atoms with E-state index < -0.39 is 18.5 Å². The Kier molecular flexibility index (Phi) is 7.60. The normalized spacial score (nSPS) is 16.6. The van der Waals surface area contributed by atoms with Gasteiger partial charge in [-0.05, 0) is 6.42 Å². The minimum atomic E-state index is -4.48. The lowest BCUT2D eigenvalue weighted by Crippen LogP contribution is -2.51. The highest BCUT2D eigenvalue weighted by Gasteiger charge is 2.34. The van der Waals surface area contributed by atoms with E-state index in [1.165, 1.54) is 4.90 Å². The second kappa shape index (κ2) is 8.94. The van der Waals surface area contributed by atoms with E-state index in [9.17, 15) is 22.8 Å². The lowest BCUT2D eigenvalue weighted by atomic mass is 10.2. The summed E-state index contributed by atoms with van der Waals surface area (Å²) in [4.78, 5) is 26.1. The van der Waals surface area contributed by atoms with Crippen LogP contribution < -0.4 is 5.32 Å². The molecule has 1 aliphatic rings. The Balaban J connectivity index is 2.22. The molecule has 6 nitrogen and oxygen atoms in total. The maximum atomic E-state index is 12.2. The zero-order valence-electron chi connectivity index (χ0n) is 12.6. The fourth-order valence-electron chi connectivity index (χ4n) is 2.14. The van der Waals surface area contributed by atoms with Gasteiger partial charge in [0.15, 0.2) is 0 Å². The minimum Gasteiger partial charge on any atom is -0.385 e. The monoisotopic (exact) mass is 325 g/mol. The van der Waals surface area contributed by atoms with Crippen LogP contribution in [0.15, 0.2) is 0 Å². The third-order valence-electron chi connectivity index (χ3n) is 3.29. The second-order valence-corrected chi connectivity index (χ2v) is 5.15. The first-order valence-corrected chi connectivity index (χ1v) is 7.14. The first-order chi connectivity index (χ1) is 10.3. The number of rotatable bonds is 7. The van der Waals surface area contributed by atoms with Gasteiger partial charge in [0.25, 0.3) is 0 Å². The fraction of sp³-hybridized carbons (Fsp3) is 0.846. The molecule has 0 aromatic heterocycles. The fourth-order valence-corrected chi connectivity index (χ4v) is 2.14. The number of amides is 2. The van der Waals surface area contributed by atoms with Crippen LogP contribution in [0, 0.1) is 0 Å². The lowest BCUT2D eigenvalue weighted by Gasteiger charge is -2.34. The number of alkyl halides is 3. The van der Waals surface area contributed by atoms with E-state index in [1.807, 2.05) is 4.90 Å². The minimum absolute atomic E-state index is 0.133. The van der Waals surface area contributed by atoms with E-state index in [0.29, 0.717) is 26.2 Å². The number of carbonyl (C=O) groups is 2. The zero-order valence-corrected chi connectivity index (χ0v) is 12.6. The van der Waals surface area contributed by atoms with Gasteiger partial charge in [0, 0.05) is 46.4 Å². The quantitative estimate of drug-likeness (QED) is 0.681. The first-order valence-electron chi connectivity index (χ1n) is 7.14. The molecule has 128 valence electrons. The van der Waals surface area contributed by atoms with Crippen molar-refractivity contribution in [2.75, 3.05) is 53.0 Å². The van der Waals surface area contributed by atoms with Gasteiger partial charge in [0.1, 0.15) is 6.42 Å². The molecule has 9 heteroatoms. The number of nitrogens with one attached hydrogen (secondary N) is 1. The third-order valence-corrected chi connectivity index (χ3v) is 3.29. The zero-order chi connectivity index (χ0) is 16.6. The van der Waals surface area contributed by atoms with Gasteiger partial charge in [-0.2, -0.15) is 13.2 Å². The van der Waals surface area contributed by atoms with Gasteiger partial charge in [0.2, 0.25) is 11.8 Å². The number of piperazine rings is 1. The summed E-state index contributed by atoms with van der Waals surface area (Å²) in [5, 5.41) is 2.74. The predicted molar refractivity (Wildman–Crippen MR) is 73.2 cm³/mol.